The molecule has 2 aromatic carbocycles. The fraction of sp³-hybridized carbons (Fsp3) is 0.143. The van der Waals surface area contributed by atoms with E-state index in [2.05, 4.69) is 0 Å². The maximum atomic E-state index is 6.15. The van der Waals surface area contributed by atoms with E-state index < -0.39 is 0 Å². The molecule has 0 heterocycles. The monoisotopic (exact) mass is 248 g/mol. The van der Waals surface area contributed by atoms with E-state index in [1.54, 1.807) is 0 Å². The van der Waals surface area contributed by atoms with E-state index in [9.17, 15) is 0 Å². The molecule has 3 heteroatoms. The van der Waals surface area contributed by atoms with Gasteiger partial charge in [-0.15, -0.1) is 12.4 Å². The van der Waals surface area contributed by atoms with E-state index in [0.717, 1.165) is 11.1 Å². The molecule has 17 heavy (non-hydrogen) atoms. The molecule has 0 bridgehead atoms. The van der Waals surface area contributed by atoms with Crippen molar-refractivity contribution in [3.63, 3.8) is 0 Å². The summed E-state index contributed by atoms with van der Waals surface area (Å²) >= 11 is 0. The van der Waals surface area contributed by atoms with Crippen molar-refractivity contribution in [1.29, 1.82) is 0 Å². The van der Waals surface area contributed by atoms with Crippen LogP contribution in [0.5, 0.6) is 0 Å². The summed E-state index contributed by atoms with van der Waals surface area (Å²) in [6, 6.07) is 19.6. The third-order valence-electron chi connectivity index (χ3n) is 2.76. The van der Waals surface area contributed by atoms with E-state index in [1.807, 2.05) is 60.7 Å². The first-order chi connectivity index (χ1) is 7.79. The van der Waals surface area contributed by atoms with Crippen LogP contribution in [0.2, 0.25) is 0 Å². The van der Waals surface area contributed by atoms with Gasteiger partial charge in [-0.05, 0) is 11.1 Å². The summed E-state index contributed by atoms with van der Waals surface area (Å²) in [5.41, 5.74) is 14.4. The van der Waals surface area contributed by atoms with Crippen molar-refractivity contribution in [3.05, 3.63) is 71.8 Å². The number of hydrogen-bond acceptors (Lipinski definition) is 2. The first-order valence-electron chi connectivity index (χ1n) is 5.40. The SMILES string of the molecule is Cl.N[C@H](c1ccccc1)[C@H](N)c1ccccc1. The highest BCUT2D eigenvalue weighted by molar-refractivity contribution is 5.85. The van der Waals surface area contributed by atoms with Gasteiger partial charge < -0.3 is 11.5 Å². The molecule has 0 aliphatic rings. The number of rotatable bonds is 3. The van der Waals surface area contributed by atoms with Crippen molar-refractivity contribution >= 4 is 12.4 Å². The van der Waals surface area contributed by atoms with Crippen LogP contribution in [0.25, 0.3) is 0 Å². The Morgan fingerprint density at radius 1 is 0.588 bits per heavy atom. The van der Waals surface area contributed by atoms with Crippen LogP contribution in [0.4, 0.5) is 0 Å². The van der Waals surface area contributed by atoms with Crippen LogP contribution in [-0.4, -0.2) is 0 Å². The van der Waals surface area contributed by atoms with Gasteiger partial charge in [-0.2, -0.15) is 0 Å². The lowest BCUT2D eigenvalue weighted by Crippen LogP contribution is -2.26. The summed E-state index contributed by atoms with van der Waals surface area (Å²) in [6.45, 7) is 0. The lowest BCUT2D eigenvalue weighted by molar-refractivity contribution is 0.574. The van der Waals surface area contributed by atoms with Gasteiger partial charge in [-0.25, -0.2) is 0 Å². The predicted molar refractivity (Wildman–Crippen MR) is 74.0 cm³/mol. The zero-order chi connectivity index (χ0) is 11.4. The number of halogens is 1. The second kappa shape index (κ2) is 6.40. The topological polar surface area (TPSA) is 52.0 Å². The lowest BCUT2D eigenvalue weighted by Gasteiger charge is -2.20. The Morgan fingerprint density at radius 2 is 0.882 bits per heavy atom. The highest BCUT2D eigenvalue weighted by atomic mass is 35.5. The Bertz CT molecular complexity index is 387. The van der Waals surface area contributed by atoms with Gasteiger partial charge in [0.1, 0.15) is 0 Å². The van der Waals surface area contributed by atoms with E-state index in [0.29, 0.717) is 0 Å². The summed E-state index contributed by atoms with van der Waals surface area (Å²) in [5.74, 6) is 0. The highest BCUT2D eigenvalue weighted by Gasteiger charge is 2.16. The first kappa shape index (κ1) is 13.7. The fourth-order valence-corrected chi connectivity index (χ4v) is 1.77. The van der Waals surface area contributed by atoms with Crippen LogP contribution in [0, 0.1) is 0 Å². The molecule has 2 atom stereocenters. The molecular weight excluding hydrogens is 232 g/mol. The lowest BCUT2D eigenvalue weighted by atomic mass is 9.95. The maximum Gasteiger partial charge on any atom is 0.0491 e. The fourth-order valence-electron chi connectivity index (χ4n) is 1.77. The number of benzene rings is 2. The molecule has 2 aromatic rings. The average Bonchev–Trinajstić information content (AvgIpc) is 2.39. The van der Waals surface area contributed by atoms with Crippen LogP contribution in [0.3, 0.4) is 0 Å². The third-order valence-corrected chi connectivity index (χ3v) is 2.76. The molecule has 4 N–H and O–H groups in total. The summed E-state index contributed by atoms with van der Waals surface area (Å²) in [7, 11) is 0. The molecule has 90 valence electrons. The van der Waals surface area contributed by atoms with Gasteiger partial charge in [0, 0.05) is 12.1 Å². The molecule has 0 aliphatic carbocycles. The number of hydrogen-bond donors (Lipinski definition) is 2. The highest BCUT2D eigenvalue weighted by Crippen LogP contribution is 2.23. The summed E-state index contributed by atoms with van der Waals surface area (Å²) in [5, 5.41) is 0. The van der Waals surface area contributed by atoms with Gasteiger partial charge in [0.2, 0.25) is 0 Å². The average molecular weight is 249 g/mol. The van der Waals surface area contributed by atoms with E-state index in [-0.39, 0.29) is 24.5 Å². The summed E-state index contributed by atoms with van der Waals surface area (Å²) in [4.78, 5) is 0. The van der Waals surface area contributed by atoms with Crippen LogP contribution in [-0.2, 0) is 0 Å². The Balaban J connectivity index is 0.00000144. The molecule has 0 aromatic heterocycles. The molecule has 0 spiro atoms. The molecule has 0 unspecified atom stereocenters. The molecule has 2 rings (SSSR count). The molecule has 0 aliphatic heterocycles. The molecule has 0 amide bonds. The Labute approximate surface area is 108 Å². The minimum absolute atomic E-state index is 0. The predicted octanol–water partition coefficient (Wildman–Crippen LogP) is 2.81. The smallest absolute Gasteiger partial charge is 0.0491 e. The molecule has 0 fully saturated rings. The molecule has 2 nitrogen and oxygen atoms in total. The van der Waals surface area contributed by atoms with E-state index in [1.165, 1.54) is 0 Å². The largest absolute Gasteiger partial charge is 0.322 e. The molecular formula is C14H17ClN2. The zero-order valence-electron chi connectivity index (χ0n) is 9.49. The van der Waals surface area contributed by atoms with Crippen molar-refractivity contribution in [2.45, 2.75) is 12.1 Å². The summed E-state index contributed by atoms with van der Waals surface area (Å²) < 4.78 is 0. The Hall–Kier alpha value is -1.35. The van der Waals surface area contributed by atoms with Crippen molar-refractivity contribution in [1.82, 2.24) is 0 Å². The quantitative estimate of drug-likeness (QED) is 0.878. The van der Waals surface area contributed by atoms with Gasteiger partial charge in [-0.3, -0.25) is 0 Å². The van der Waals surface area contributed by atoms with Gasteiger partial charge in [-0.1, -0.05) is 60.7 Å². The standard InChI is InChI=1S/C14H16N2.ClH/c15-13(11-7-3-1-4-8-11)14(16)12-9-5-2-6-10-12;/h1-10,13-14H,15-16H2;1H/t13-,14-;/m1./s1. The normalized spacial score (nSPS) is 13.5. The van der Waals surface area contributed by atoms with Crippen molar-refractivity contribution in [2.24, 2.45) is 11.5 Å². The van der Waals surface area contributed by atoms with Gasteiger partial charge in [0.05, 0.1) is 0 Å². The second-order valence-electron chi connectivity index (χ2n) is 3.87. The van der Waals surface area contributed by atoms with Crippen LogP contribution >= 0.6 is 12.4 Å². The van der Waals surface area contributed by atoms with Gasteiger partial charge in [0.25, 0.3) is 0 Å². The molecule has 0 saturated carbocycles. The first-order valence-corrected chi connectivity index (χ1v) is 5.40. The second-order valence-corrected chi connectivity index (χ2v) is 3.87. The molecule has 0 saturated heterocycles. The summed E-state index contributed by atoms with van der Waals surface area (Å²) in [6.07, 6.45) is 0. The van der Waals surface area contributed by atoms with Crippen molar-refractivity contribution < 1.29 is 0 Å². The Morgan fingerprint density at radius 3 is 1.18 bits per heavy atom. The Kier molecular flexibility index (Phi) is 5.16. The van der Waals surface area contributed by atoms with Crippen LogP contribution in [0.15, 0.2) is 60.7 Å². The van der Waals surface area contributed by atoms with E-state index >= 15 is 0 Å². The van der Waals surface area contributed by atoms with Crippen molar-refractivity contribution in [3.8, 4) is 0 Å². The third kappa shape index (κ3) is 3.30. The van der Waals surface area contributed by atoms with Gasteiger partial charge >= 0.3 is 0 Å². The zero-order valence-corrected chi connectivity index (χ0v) is 10.3. The van der Waals surface area contributed by atoms with Gasteiger partial charge in [0.15, 0.2) is 0 Å². The van der Waals surface area contributed by atoms with Crippen molar-refractivity contribution in [2.75, 3.05) is 0 Å². The minimum Gasteiger partial charge on any atom is -0.322 e. The molecule has 0 radical (unpaired) electrons. The number of nitrogens with two attached hydrogens (primary N) is 2. The minimum atomic E-state index is -0.163. The van der Waals surface area contributed by atoms with Crippen LogP contribution < -0.4 is 11.5 Å². The van der Waals surface area contributed by atoms with Crippen LogP contribution in [0.1, 0.15) is 23.2 Å². The maximum absolute atomic E-state index is 6.15. The van der Waals surface area contributed by atoms with E-state index in [4.69, 9.17) is 11.5 Å².